The van der Waals surface area contributed by atoms with Crippen molar-refractivity contribution in [3.63, 3.8) is 0 Å². The third-order valence-electron chi connectivity index (χ3n) is 6.03. The van der Waals surface area contributed by atoms with Crippen molar-refractivity contribution in [2.75, 3.05) is 32.5 Å². The number of quaternary nitrogens is 1. The number of amides is 1. The SMILES string of the molecule is C[N+](C)(C/C=C/C(=O)Cc1cc2c(Nc3ccc(Br)c(Br)c3)ncnc2cn1)CC1=C([N+](=O)[O-])N=C(C(N)=O)C1. The van der Waals surface area contributed by atoms with Gasteiger partial charge in [-0.05, 0) is 78.2 Å². The lowest BCUT2D eigenvalue weighted by atomic mass is 10.1. The first kappa shape index (κ1) is 29.1. The average Bonchev–Trinajstić information content (AvgIpc) is 3.30. The van der Waals surface area contributed by atoms with Crippen LogP contribution in [-0.4, -0.2) is 68.9 Å². The van der Waals surface area contributed by atoms with Crippen molar-refractivity contribution in [1.82, 2.24) is 15.0 Å². The van der Waals surface area contributed by atoms with Crippen molar-refractivity contribution >= 4 is 71.7 Å². The Morgan fingerprint density at radius 3 is 2.65 bits per heavy atom. The molecular formula is C26H25Br2N8O4+. The Hall–Kier alpha value is -3.88. The summed E-state index contributed by atoms with van der Waals surface area (Å²) in [6.45, 7) is 0.689. The topological polar surface area (TPSA) is 166 Å². The predicted octanol–water partition coefficient (Wildman–Crippen LogP) is 3.86. The summed E-state index contributed by atoms with van der Waals surface area (Å²) in [7, 11) is 3.73. The summed E-state index contributed by atoms with van der Waals surface area (Å²) in [5.41, 5.74) is 7.68. The van der Waals surface area contributed by atoms with Gasteiger partial charge in [-0.1, -0.05) is 0 Å². The molecule has 4 rings (SSSR count). The lowest BCUT2D eigenvalue weighted by molar-refractivity contribution is -0.880. The molecular weight excluding hydrogens is 648 g/mol. The Morgan fingerprint density at radius 1 is 1.18 bits per heavy atom. The third kappa shape index (κ3) is 7.20. The molecule has 1 aromatic carbocycles. The van der Waals surface area contributed by atoms with Crippen LogP contribution in [0.25, 0.3) is 10.9 Å². The van der Waals surface area contributed by atoms with Crippen LogP contribution >= 0.6 is 31.9 Å². The lowest BCUT2D eigenvalue weighted by Gasteiger charge is -2.28. The van der Waals surface area contributed by atoms with E-state index in [4.69, 9.17) is 5.73 Å². The van der Waals surface area contributed by atoms with Crippen LogP contribution in [0.4, 0.5) is 11.5 Å². The molecule has 0 saturated carbocycles. The summed E-state index contributed by atoms with van der Waals surface area (Å²) in [5, 5.41) is 15.4. The standard InChI is InChI=1S/C26H24Br2N8O4/c1-36(2,13-15-8-22(24(29)38)34-26(15)35(39)40)7-3-4-18(37)9-17-10-19-23(12-30-17)31-14-32-25(19)33-16-5-6-20(27)21(28)11-16/h3-6,10-12,14H,7-9,13H2,1-2H3,(H2-,29,31,32,33,38)/p+1/b4-3+. The molecule has 0 unspecified atom stereocenters. The number of nitrogens with one attached hydrogen (secondary N) is 1. The maximum absolute atomic E-state index is 12.7. The van der Waals surface area contributed by atoms with Crippen LogP contribution in [0.1, 0.15) is 12.1 Å². The van der Waals surface area contributed by atoms with Crippen LogP contribution in [-0.2, 0) is 16.0 Å². The molecule has 40 heavy (non-hydrogen) atoms. The molecule has 3 N–H and O–H groups in total. The normalized spacial score (nSPS) is 13.7. The quantitative estimate of drug-likeness (QED) is 0.134. The molecule has 0 radical (unpaired) electrons. The van der Waals surface area contributed by atoms with Gasteiger partial charge in [-0.3, -0.25) is 14.6 Å². The maximum atomic E-state index is 12.7. The van der Waals surface area contributed by atoms with Crippen molar-refractivity contribution in [1.29, 1.82) is 0 Å². The Labute approximate surface area is 246 Å². The number of aromatic nitrogens is 3. The van der Waals surface area contributed by atoms with Gasteiger partial charge in [0.1, 0.15) is 18.7 Å². The van der Waals surface area contributed by atoms with Crippen LogP contribution in [0, 0.1) is 10.1 Å². The number of hydrogen-bond donors (Lipinski definition) is 2. The molecule has 1 aliphatic rings. The number of nitrogens with zero attached hydrogens (tertiary/aromatic N) is 6. The first-order chi connectivity index (χ1) is 18.9. The number of benzene rings is 1. The van der Waals surface area contributed by atoms with Crippen molar-refractivity contribution in [2.24, 2.45) is 10.7 Å². The number of nitro groups is 1. The Bertz CT molecular complexity index is 1620. The van der Waals surface area contributed by atoms with Gasteiger partial charge >= 0.3 is 5.82 Å². The molecule has 0 atom stereocenters. The molecule has 1 aliphatic heterocycles. The third-order valence-corrected chi connectivity index (χ3v) is 7.91. The average molecular weight is 673 g/mol. The molecule has 206 valence electrons. The number of ketones is 1. The molecule has 1 amide bonds. The molecule has 3 aromatic rings. The highest BCUT2D eigenvalue weighted by Gasteiger charge is 2.35. The minimum atomic E-state index is -0.775. The number of aliphatic imine (C=N–C) groups is 1. The number of halogens is 2. The van der Waals surface area contributed by atoms with Gasteiger partial charge in [0, 0.05) is 25.7 Å². The number of hydrogen-bond acceptors (Lipinski definition) is 9. The van der Waals surface area contributed by atoms with E-state index >= 15 is 0 Å². The van der Waals surface area contributed by atoms with Crippen molar-refractivity contribution < 1.29 is 19.0 Å². The van der Waals surface area contributed by atoms with E-state index in [0.717, 1.165) is 20.0 Å². The van der Waals surface area contributed by atoms with Crippen LogP contribution in [0.3, 0.4) is 0 Å². The summed E-state index contributed by atoms with van der Waals surface area (Å²) in [5.74, 6) is -0.680. The van der Waals surface area contributed by atoms with Crippen molar-refractivity contribution in [2.45, 2.75) is 12.8 Å². The van der Waals surface area contributed by atoms with Gasteiger partial charge in [0.05, 0.1) is 50.8 Å². The molecule has 14 heteroatoms. The minimum absolute atomic E-state index is 0.0243. The summed E-state index contributed by atoms with van der Waals surface area (Å²) in [4.78, 5) is 51.7. The molecule has 3 heterocycles. The van der Waals surface area contributed by atoms with Gasteiger partial charge in [-0.25, -0.2) is 9.97 Å². The van der Waals surface area contributed by atoms with Gasteiger partial charge in [-0.2, -0.15) is 0 Å². The van der Waals surface area contributed by atoms with E-state index < -0.39 is 10.8 Å². The van der Waals surface area contributed by atoms with Gasteiger partial charge in [-0.15, -0.1) is 0 Å². The fourth-order valence-electron chi connectivity index (χ4n) is 4.16. The number of fused-ring (bicyclic) bond motifs is 1. The van der Waals surface area contributed by atoms with Gasteiger partial charge in [0.25, 0.3) is 5.91 Å². The number of allylic oxidation sites excluding steroid dienone is 1. The highest BCUT2D eigenvalue weighted by molar-refractivity contribution is 9.13. The number of carbonyl (C=O) groups excluding carboxylic acids is 2. The van der Waals surface area contributed by atoms with Crippen molar-refractivity contribution in [3.8, 4) is 0 Å². The van der Waals surface area contributed by atoms with Crippen molar-refractivity contribution in [3.05, 3.63) is 85.1 Å². The summed E-state index contributed by atoms with van der Waals surface area (Å²) < 4.78 is 2.12. The van der Waals surface area contributed by atoms with Gasteiger partial charge < -0.3 is 25.6 Å². The zero-order valence-electron chi connectivity index (χ0n) is 21.6. The van der Waals surface area contributed by atoms with Gasteiger partial charge in [0.15, 0.2) is 5.78 Å². The summed E-state index contributed by atoms with van der Waals surface area (Å²) in [6.07, 6.45) is 6.38. The molecule has 0 spiro atoms. The molecule has 0 fully saturated rings. The zero-order valence-corrected chi connectivity index (χ0v) is 24.8. The molecule has 0 bridgehead atoms. The maximum Gasteiger partial charge on any atom is 0.369 e. The van der Waals surface area contributed by atoms with E-state index in [1.807, 2.05) is 32.3 Å². The van der Waals surface area contributed by atoms with E-state index in [9.17, 15) is 19.7 Å². The molecule has 12 nitrogen and oxygen atoms in total. The monoisotopic (exact) mass is 671 g/mol. The van der Waals surface area contributed by atoms with Crippen LogP contribution in [0.2, 0.25) is 0 Å². The summed E-state index contributed by atoms with van der Waals surface area (Å²) in [6, 6.07) is 7.52. The predicted molar refractivity (Wildman–Crippen MR) is 157 cm³/mol. The first-order valence-electron chi connectivity index (χ1n) is 12.0. The zero-order chi connectivity index (χ0) is 29.0. The second-order valence-electron chi connectivity index (χ2n) is 9.77. The van der Waals surface area contributed by atoms with E-state index in [0.29, 0.717) is 33.6 Å². The van der Waals surface area contributed by atoms with E-state index in [2.05, 4.69) is 57.1 Å². The first-order valence-corrected chi connectivity index (χ1v) is 13.6. The molecule has 2 aromatic heterocycles. The number of pyridine rings is 1. The second-order valence-corrected chi connectivity index (χ2v) is 11.5. The van der Waals surface area contributed by atoms with E-state index in [-0.39, 0.29) is 36.7 Å². The Balaban J connectivity index is 1.41. The number of rotatable bonds is 11. The number of anilines is 2. The highest BCUT2D eigenvalue weighted by atomic mass is 79.9. The molecule has 0 saturated heterocycles. The Kier molecular flexibility index (Phi) is 8.81. The van der Waals surface area contributed by atoms with Crippen LogP contribution in [0.5, 0.6) is 0 Å². The number of nitrogens with two attached hydrogens (primary N) is 1. The fraction of sp³-hybridized carbons (Fsp3) is 0.231. The van der Waals surface area contributed by atoms with E-state index in [1.54, 1.807) is 18.3 Å². The number of carbonyl (C=O) groups is 2. The van der Waals surface area contributed by atoms with Crippen LogP contribution in [0.15, 0.2) is 74.3 Å². The van der Waals surface area contributed by atoms with E-state index in [1.165, 1.54) is 12.4 Å². The lowest BCUT2D eigenvalue weighted by Crippen LogP contribution is -2.41. The van der Waals surface area contributed by atoms with Crippen LogP contribution < -0.4 is 11.1 Å². The smallest absolute Gasteiger partial charge is 0.363 e. The number of primary amides is 1. The highest BCUT2D eigenvalue weighted by Crippen LogP contribution is 2.29. The minimum Gasteiger partial charge on any atom is -0.363 e. The molecule has 0 aliphatic carbocycles. The largest absolute Gasteiger partial charge is 0.369 e. The summed E-state index contributed by atoms with van der Waals surface area (Å²) >= 11 is 6.95. The number of likely N-dealkylation sites (N-methyl/N-ethyl adjacent to an activating group) is 1. The second kappa shape index (κ2) is 12.1. The fourth-order valence-corrected chi connectivity index (χ4v) is 4.79. The van der Waals surface area contributed by atoms with Gasteiger partial charge in [0.2, 0.25) is 5.71 Å². The Morgan fingerprint density at radius 2 is 1.95 bits per heavy atom.